The molecule has 82 valence electrons. The van der Waals surface area contributed by atoms with Gasteiger partial charge in [0.25, 0.3) is 0 Å². The minimum absolute atomic E-state index is 0.339. The maximum absolute atomic E-state index is 10.6. The number of hydrogen-bond donors (Lipinski definition) is 0. The normalized spacial score (nSPS) is 10.6. The molecular formula is C14H9NO2. The van der Waals surface area contributed by atoms with Crippen molar-refractivity contribution in [3.8, 4) is 11.3 Å². The molecule has 0 saturated carbocycles. The fraction of sp³-hybridized carbons (Fsp3) is 0. The predicted octanol–water partition coefficient (Wildman–Crippen LogP) is 3.31. The second-order valence-electron chi connectivity index (χ2n) is 3.73. The van der Waals surface area contributed by atoms with Gasteiger partial charge in [-0.25, -0.2) is 0 Å². The van der Waals surface area contributed by atoms with Crippen LogP contribution in [0.5, 0.6) is 0 Å². The van der Waals surface area contributed by atoms with Crippen molar-refractivity contribution in [2.75, 3.05) is 0 Å². The molecule has 0 aliphatic carbocycles. The molecule has 3 heteroatoms. The van der Waals surface area contributed by atoms with Crippen molar-refractivity contribution in [2.45, 2.75) is 0 Å². The monoisotopic (exact) mass is 223 g/mol. The Morgan fingerprint density at radius 2 is 2.06 bits per heavy atom. The molecule has 0 amide bonds. The largest absolute Gasteiger partial charge is 0.453 e. The summed E-state index contributed by atoms with van der Waals surface area (Å²) in [5.74, 6) is 1.03. The Morgan fingerprint density at radius 3 is 2.88 bits per heavy atom. The van der Waals surface area contributed by atoms with Gasteiger partial charge in [0.2, 0.25) is 0 Å². The third-order valence-electron chi connectivity index (χ3n) is 2.63. The second-order valence-corrected chi connectivity index (χ2v) is 3.73. The number of fused-ring (bicyclic) bond motifs is 1. The van der Waals surface area contributed by atoms with E-state index in [1.165, 1.54) is 0 Å². The van der Waals surface area contributed by atoms with Gasteiger partial charge in [0.1, 0.15) is 5.76 Å². The quantitative estimate of drug-likeness (QED) is 0.626. The van der Waals surface area contributed by atoms with E-state index in [0.29, 0.717) is 17.8 Å². The number of hydrogen-bond acceptors (Lipinski definition) is 3. The van der Waals surface area contributed by atoms with Gasteiger partial charge in [-0.2, -0.15) is 0 Å². The minimum atomic E-state index is 0.339. The molecule has 3 rings (SSSR count). The number of carbonyl (C=O) groups excluding carboxylic acids is 1. The highest BCUT2D eigenvalue weighted by atomic mass is 16.3. The van der Waals surface area contributed by atoms with Crippen LogP contribution >= 0.6 is 0 Å². The molecule has 2 heterocycles. The van der Waals surface area contributed by atoms with E-state index in [1.807, 2.05) is 30.3 Å². The van der Waals surface area contributed by atoms with E-state index < -0.39 is 0 Å². The number of pyridine rings is 1. The van der Waals surface area contributed by atoms with Crippen LogP contribution in [-0.2, 0) is 0 Å². The molecule has 0 atom stereocenters. The highest BCUT2D eigenvalue weighted by Crippen LogP contribution is 2.24. The Labute approximate surface area is 97.7 Å². The second kappa shape index (κ2) is 3.87. The number of carbonyl (C=O) groups is 1. The van der Waals surface area contributed by atoms with E-state index in [-0.39, 0.29) is 0 Å². The van der Waals surface area contributed by atoms with Crippen LogP contribution in [0.2, 0.25) is 0 Å². The molecule has 0 aliphatic rings. The molecule has 3 nitrogen and oxygen atoms in total. The van der Waals surface area contributed by atoms with Crippen molar-refractivity contribution in [3.63, 3.8) is 0 Å². The van der Waals surface area contributed by atoms with Crippen molar-refractivity contribution in [1.82, 2.24) is 4.98 Å². The topological polar surface area (TPSA) is 43.1 Å². The van der Waals surface area contributed by atoms with E-state index >= 15 is 0 Å². The molecule has 0 bridgehead atoms. The molecule has 3 aromatic rings. The Kier molecular flexibility index (Phi) is 2.22. The van der Waals surface area contributed by atoms with Gasteiger partial charge in [-0.1, -0.05) is 6.07 Å². The van der Waals surface area contributed by atoms with Gasteiger partial charge >= 0.3 is 0 Å². The van der Waals surface area contributed by atoms with Gasteiger partial charge in [-0.3, -0.25) is 9.78 Å². The molecule has 0 N–H and O–H groups in total. The van der Waals surface area contributed by atoms with E-state index in [0.717, 1.165) is 16.5 Å². The van der Waals surface area contributed by atoms with Gasteiger partial charge in [0.15, 0.2) is 12.0 Å². The molecular weight excluding hydrogens is 214 g/mol. The number of aldehydes is 1. The van der Waals surface area contributed by atoms with Gasteiger partial charge in [0.05, 0.1) is 5.52 Å². The van der Waals surface area contributed by atoms with E-state index in [2.05, 4.69) is 4.98 Å². The van der Waals surface area contributed by atoms with Crippen LogP contribution in [0.3, 0.4) is 0 Å². The fourth-order valence-electron chi connectivity index (χ4n) is 1.80. The zero-order valence-corrected chi connectivity index (χ0v) is 8.96. The van der Waals surface area contributed by atoms with Gasteiger partial charge < -0.3 is 4.42 Å². The average molecular weight is 223 g/mol. The molecule has 0 aliphatic heterocycles. The first-order valence-electron chi connectivity index (χ1n) is 5.27. The number of aromatic nitrogens is 1. The smallest absolute Gasteiger partial charge is 0.185 e. The Morgan fingerprint density at radius 1 is 1.12 bits per heavy atom. The molecule has 0 fully saturated rings. The zero-order chi connectivity index (χ0) is 11.7. The lowest BCUT2D eigenvalue weighted by atomic mass is 10.1. The van der Waals surface area contributed by atoms with Crippen LogP contribution in [0, 0.1) is 0 Å². The van der Waals surface area contributed by atoms with Crippen LogP contribution in [0.15, 0.2) is 53.1 Å². The summed E-state index contributed by atoms with van der Waals surface area (Å²) in [5.41, 5.74) is 1.89. The van der Waals surface area contributed by atoms with Crippen LogP contribution in [-0.4, -0.2) is 11.3 Å². The summed E-state index contributed by atoms with van der Waals surface area (Å²) in [6.45, 7) is 0. The summed E-state index contributed by atoms with van der Waals surface area (Å²) in [7, 11) is 0. The van der Waals surface area contributed by atoms with Crippen molar-refractivity contribution < 1.29 is 9.21 Å². The maximum atomic E-state index is 10.6. The molecule has 0 radical (unpaired) electrons. The van der Waals surface area contributed by atoms with Crippen LogP contribution in [0.4, 0.5) is 0 Å². The third kappa shape index (κ3) is 1.72. The maximum Gasteiger partial charge on any atom is 0.185 e. The summed E-state index contributed by atoms with van der Waals surface area (Å²) in [4.78, 5) is 14.8. The molecule has 1 aromatic carbocycles. The molecule has 17 heavy (non-hydrogen) atoms. The molecule has 0 spiro atoms. The fourth-order valence-corrected chi connectivity index (χ4v) is 1.80. The summed E-state index contributed by atoms with van der Waals surface area (Å²) in [6, 6.07) is 13.2. The van der Waals surface area contributed by atoms with E-state index in [1.54, 1.807) is 18.3 Å². The van der Waals surface area contributed by atoms with Crippen molar-refractivity contribution in [3.05, 3.63) is 54.4 Å². The lowest BCUT2D eigenvalue weighted by molar-refractivity contribution is 0.110. The standard InChI is InChI=1S/C14H9NO2/c16-9-12-4-6-14(17-12)11-3-5-13-10(8-11)2-1-7-15-13/h1-9H. The van der Waals surface area contributed by atoms with Gasteiger partial charge in [-0.05, 0) is 36.4 Å². The lowest BCUT2D eigenvalue weighted by Gasteiger charge is -1.99. The minimum Gasteiger partial charge on any atom is -0.453 e. The summed E-state index contributed by atoms with van der Waals surface area (Å²) in [5, 5.41) is 1.05. The Hall–Kier alpha value is -2.42. The van der Waals surface area contributed by atoms with Crippen LogP contribution in [0.25, 0.3) is 22.2 Å². The van der Waals surface area contributed by atoms with E-state index in [9.17, 15) is 4.79 Å². The summed E-state index contributed by atoms with van der Waals surface area (Å²) >= 11 is 0. The number of benzene rings is 1. The number of furan rings is 1. The highest BCUT2D eigenvalue weighted by Gasteiger charge is 2.05. The lowest BCUT2D eigenvalue weighted by Crippen LogP contribution is -1.79. The van der Waals surface area contributed by atoms with Crippen LogP contribution < -0.4 is 0 Å². The van der Waals surface area contributed by atoms with Crippen molar-refractivity contribution in [1.29, 1.82) is 0 Å². The summed E-state index contributed by atoms with van der Waals surface area (Å²) in [6.07, 6.45) is 2.46. The van der Waals surface area contributed by atoms with E-state index in [4.69, 9.17) is 4.42 Å². The first-order valence-corrected chi connectivity index (χ1v) is 5.27. The first kappa shape index (κ1) is 9.78. The van der Waals surface area contributed by atoms with Crippen molar-refractivity contribution in [2.24, 2.45) is 0 Å². The summed E-state index contributed by atoms with van der Waals surface area (Å²) < 4.78 is 5.38. The van der Waals surface area contributed by atoms with Crippen molar-refractivity contribution >= 4 is 17.2 Å². The number of rotatable bonds is 2. The SMILES string of the molecule is O=Cc1ccc(-c2ccc3ncccc3c2)o1. The zero-order valence-electron chi connectivity index (χ0n) is 8.96. The third-order valence-corrected chi connectivity index (χ3v) is 2.63. The first-order chi connectivity index (χ1) is 8.36. The molecule has 0 saturated heterocycles. The predicted molar refractivity (Wildman–Crippen MR) is 64.8 cm³/mol. The van der Waals surface area contributed by atoms with Crippen LogP contribution in [0.1, 0.15) is 10.6 Å². The molecule has 2 aromatic heterocycles. The van der Waals surface area contributed by atoms with Gasteiger partial charge in [-0.15, -0.1) is 0 Å². The highest BCUT2D eigenvalue weighted by molar-refractivity contribution is 5.83. The molecule has 0 unspecified atom stereocenters. The average Bonchev–Trinajstić information content (AvgIpc) is 2.87. The van der Waals surface area contributed by atoms with Gasteiger partial charge in [0, 0.05) is 17.1 Å². The number of nitrogens with zero attached hydrogens (tertiary/aromatic N) is 1. The Bertz CT molecular complexity index is 685. The Balaban J connectivity index is 2.14.